The van der Waals surface area contributed by atoms with Crippen LogP contribution in [0.25, 0.3) is 0 Å². The molecule has 6 heteroatoms. The zero-order valence-electron chi connectivity index (χ0n) is 11.6. The fourth-order valence-electron chi connectivity index (χ4n) is 3.28. The molecule has 0 spiro atoms. The van der Waals surface area contributed by atoms with E-state index in [2.05, 4.69) is 14.9 Å². The molecule has 1 aromatic rings. The van der Waals surface area contributed by atoms with Crippen LogP contribution in [0.15, 0.2) is 18.7 Å². The van der Waals surface area contributed by atoms with Crippen LogP contribution in [0.4, 0.5) is 0 Å². The number of nitrogens with zero attached hydrogens (tertiary/aromatic N) is 2. The lowest BCUT2D eigenvalue weighted by molar-refractivity contribution is -0.132. The number of nitrogens with one attached hydrogen (secondary N) is 1. The van der Waals surface area contributed by atoms with Crippen molar-refractivity contribution >= 4 is 5.91 Å². The topological polar surface area (TPSA) is 82.2 Å². The van der Waals surface area contributed by atoms with Gasteiger partial charge in [0, 0.05) is 25.0 Å². The minimum Gasteiger partial charge on any atom is -0.364 e. The Bertz CT molecular complexity index is 448. The summed E-state index contributed by atoms with van der Waals surface area (Å²) in [6.45, 7) is 0.491. The van der Waals surface area contributed by atoms with Crippen LogP contribution in [-0.2, 0) is 9.53 Å². The molecule has 3 N–H and O–H groups in total. The molecule has 1 aromatic heterocycles. The van der Waals surface area contributed by atoms with Crippen molar-refractivity contribution in [2.24, 2.45) is 5.73 Å². The van der Waals surface area contributed by atoms with E-state index in [4.69, 9.17) is 10.5 Å². The molecule has 0 radical (unpaired) electrons. The highest BCUT2D eigenvalue weighted by molar-refractivity contribution is 5.81. The summed E-state index contributed by atoms with van der Waals surface area (Å²) in [7, 11) is 0. The molecule has 1 saturated heterocycles. The SMILES string of the molecule is NCC1CCC(C(=O)NC2CCCC2n2ccnc2)O1. The lowest BCUT2D eigenvalue weighted by Gasteiger charge is -2.23. The molecule has 4 unspecified atom stereocenters. The number of aromatic nitrogens is 2. The number of imidazole rings is 1. The largest absolute Gasteiger partial charge is 0.364 e. The van der Waals surface area contributed by atoms with E-state index in [1.807, 2.05) is 12.5 Å². The van der Waals surface area contributed by atoms with Crippen molar-refractivity contribution in [2.45, 2.75) is 56.4 Å². The van der Waals surface area contributed by atoms with E-state index in [9.17, 15) is 4.79 Å². The normalized spacial score (nSPS) is 33.5. The third kappa shape index (κ3) is 2.71. The zero-order valence-corrected chi connectivity index (χ0v) is 11.6. The van der Waals surface area contributed by atoms with Gasteiger partial charge >= 0.3 is 0 Å². The van der Waals surface area contributed by atoms with Gasteiger partial charge in [-0.05, 0) is 32.1 Å². The first-order valence-corrected chi connectivity index (χ1v) is 7.41. The number of ether oxygens (including phenoxy) is 1. The Labute approximate surface area is 118 Å². The molecule has 4 atom stereocenters. The quantitative estimate of drug-likeness (QED) is 0.845. The predicted molar refractivity (Wildman–Crippen MR) is 74.0 cm³/mol. The van der Waals surface area contributed by atoms with E-state index >= 15 is 0 Å². The molecule has 20 heavy (non-hydrogen) atoms. The second-order valence-corrected chi connectivity index (χ2v) is 5.68. The average molecular weight is 278 g/mol. The Morgan fingerprint density at radius 1 is 1.40 bits per heavy atom. The van der Waals surface area contributed by atoms with E-state index in [0.29, 0.717) is 12.6 Å². The Kier molecular flexibility index (Phi) is 4.03. The van der Waals surface area contributed by atoms with E-state index in [-0.39, 0.29) is 24.2 Å². The lowest BCUT2D eigenvalue weighted by Crippen LogP contribution is -2.43. The van der Waals surface area contributed by atoms with Crippen LogP contribution in [0.1, 0.15) is 38.1 Å². The average Bonchev–Trinajstić information content (AvgIpc) is 3.19. The van der Waals surface area contributed by atoms with E-state index in [1.165, 1.54) is 0 Å². The van der Waals surface area contributed by atoms with Crippen molar-refractivity contribution in [1.29, 1.82) is 0 Å². The second-order valence-electron chi connectivity index (χ2n) is 5.68. The van der Waals surface area contributed by atoms with Gasteiger partial charge in [0.1, 0.15) is 6.10 Å². The van der Waals surface area contributed by atoms with Crippen LogP contribution in [0.3, 0.4) is 0 Å². The summed E-state index contributed by atoms with van der Waals surface area (Å²) in [4.78, 5) is 16.4. The summed E-state index contributed by atoms with van der Waals surface area (Å²) in [5.41, 5.74) is 5.58. The molecule has 1 amide bonds. The number of amides is 1. The van der Waals surface area contributed by atoms with Gasteiger partial charge in [-0.2, -0.15) is 0 Å². The highest BCUT2D eigenvalue weighted by atomic mass is 16.5. The number of rotatable bonds is 4. The van der Waals surface area contributed by atoms with Crippen LogP contribution in [-0.4, -0.2) is 40.3 Å². The van der Waals surface area contributed by atoms with E-state index in [1.54, 1.807) is 6.20 Å². The molecule has 0 bridgehead atoms. The number of nitrogens with two attached hydrogens (primary N) is 1. The van der Waals surface area contributed by atoms with Crippen LogP contribution in [0.2, 0.25) is 0 Å². The van der Waals surface area contributed by atoms with Gasteiger partial charge in [0.2, 0.25) is 5.91 Å². The van der Waals surface area contributed by atoms with Crippen molar-refractivity contribution in [3.8, 4) is 0 Å². The van der Waals surface area contributed by atoms with Gasteiger partial charge in [0.05, 0.1) is 18.5 Å². The summed E-state index contributed by atoms with van der Waals surface area (Å²) in [5, 5.41) is 3.15. The molecule has 6 nitrogen and oxygen atoms in total. The highest BCUT2D eigenvalue weighted by Gasteiger charge is 2.34. The summed E-state index contributed by atoms with van der Waals surface area (Å²) in [6, 6.07) is 0.491. The Morgan fingerprint density at radius 2 is 2.30 bits per heavy atom. The molecule has 1 saturated carbocycles. The fraction of sp³-hybridized carbons (Fsp3) is 0.714. The van der Waals surface area contributed by atoms with Crippen molar-refractivity contribution in [3.63, 3.8) is 0 Å². The first-order chi connectivity index (χ1) is 9.78. The van der Waals surface area contributed by atoms with Gasteiger partial charge in [-0.15, -0.1) is 0 Å². The van der Waals surface area contributed by atoms with Gasteiger partial charge in [-0.1, -0.05) is 0 Å². The van der Waals surface area contributed by atoms with Crippen LogP contribution >= 0.6 is 0 Å². The predicted octanol–water partition coefficient (Wildman–Crippen LogP) is 0.599. The van der Waals surface area contributed by atoms with Gasteiger partial charge < -0.3 is 20.4 Å². The number of carbonyl (C=O) groups excluding carboxylic acids is 1. The molecule has 2 aliphatic rings. The van der Waals surface area contributed by atoms with Crippen LogP contribution in [0.5, 0.6) is 0 Å². The lowest BCUT2D eigenvalue weighted by atomic mass is 10.1. The molecule has 110 valence electrons. The molecule has 2 fully saturated rings. The number of hydrogen-bond acceptors (Lipinski definition) is 4. The highest BCUT2D eigenvalue weighted by Crippen LogP contribution is 2.30. The molecule has 2 heterocycles. The number of hydrogen-bond donors (Lipinski definition) is 2. The Morgan fingerprint density at radius 3 is 3.00 bits per heavy atom. The van der Waals surface area contributed by atoms with Crippen LogP contribution < -0.4 is 11.1 Å². The summed E-state index contributed by atoms with van der Waals surface area (Å²) >= 11 is 0. The van der Waals surface area contributed by atoms with Crippen molar-refractivity contribution in [1.82, 2.24) is 14.9 Å². The summed E-state index contributed by atoms with van der Waals surface area (Å²) in [6.07, 6.45) is 10.2. The third-order valence-corrected chi connectivity index (χ3v) is 4.38. The van der Waals surface area contributed by atoms with Gasteiger partial charge in [0.15, 0.2) is 0 Å². The smallest absolute Gasteiger partial charge is 0.249 e. The maximum absolute atomic E-state index is 12.3. The molecular weight excluding hydrogens is 256 g/mol. The maximum Gasteiger partial charge on any atom is 0.249 e. The Balaban J connectivity index is 1.58. The third-order valence-electron chi connectivity index (χ3n) is 4.38. The zero-order chi connectivity index (χ0) is 13.9. The van der Waals surface area contributed by atoms with Gasteiger partial charge in [0.25, 0.3) is 0 Å². The van der Waals surface area contributed by atoms with Gasteiger partial charge in [-0.25, -0.2) is 4.98 Å². The summed E-state index contributed by atoms with van der Waals surface area (Å²) < 4.78 is 7.75. The second kappa shape index (κ2) is 5.93. The number of carbonyl (C=O) groups is 1. The summed E-state index contributed by atoms with van der Waals surface area (Å²) in [5.74, 6) is 0.0120. The van der Waals surface area contributed by atoms with Crippen LogP contribution in [0, 0.1) is 0 Å². The minimum atomic E-state index is -0.326. The van der Waals surface area contributed by atoms with E-state index < -0.39 is 0 Å². The molecular formula is C14H22N4O2. The van der Waals surface area contributed by atoms with E-state index in [0.717, 1.165) is 32.1 Å². The molecule has 3 rings (SSSR count). The van der Waals surface area contributed by atoms with Crippen molar-refractivity contribution in [3.05, 3.63) is 18.7 Å². The minimum absolute atomic E-state index is 0.0120. The molecule has 1 aliphatic heterocycles. The first kappa shape index (κ1) is 13.6. The van der Waals surface area contributed by atoms with Crippen molar-refractivity contribution in [2.75, 3.05) is 6.54 Å². The van der Waals surface area contributed by atoms with Gasteiger partial charge in [-0.3, -0.25) is 4.79 Å². The Hall–Kier alpha value is -1.40. The molecule has 0 aromatic carbocycles. The standard InChI is InChI=1S/C14H22N4O2/c15-8-10-4-5-13(20-10)14(19)17-11-2-1-3-12(11)18-7-6-16-9-18/h6-7,9-13H,1-5,8,15H2,(H,17,19). The fourth-order valence-corrected chi connectivity index (χ4v) is 3.28. The maximum atomic E-state index is 12.3. The van der Waals surface area contributed by atoms with Crippen molar-refractivity contribution < 1.29 is 9.53 Å². The first-order valence-electron chi connectivity index (χ1n) is 7.41. The molecule has 1 aliphatic carbocycles. The monoisotopic (exact) mass is 278 g/mol.